The molecule has 0 aliphatic rings. The van der Waals surface area contributed by atoms with E-state index in [0.29, 0.717) is 0 Å². The molecule has 0 fully saturated rings. The molecule has 0 atom stereocenters. The molecule has 0 radical (unpaired) electrons. The molecule has 2 N–H and O–H groups in total. The number of hydrogen-bond donors (Lipinski definition) is 2. The number of hydrogen-bond acceptors (Lipinski definition) is 5. The molecule has 0 aliphatic heterocycles. The first kappa shape index (κ1) is 11.5. The number of carboxylic acids is 1. The van der Waals surface area contributed by atoms with E-state index in [9.17, 15) is 25.0 Å². The Morgan fingerprint density at radius 3 is 2.33 bits per heavy atom. The van der Waals surface area contributed by atoms with Gasteiger partial charge in [0, 0.05) is 11.5 Å². The highest BCUT2D eigenvalue weighted by Gasteiger charge is 2.22. The zero-order valence-electron chi connectivity index (χ0n) is 8.61. The maximum Gasteiger partial charge on any atom is 0.352 e. The fourth-order valence-electron chi connectivity index (χ4n) is 1.57. The van der Waals surface area contributed by atoms with E-state index in [1.54, 1.807) is 0 Å². The largest absolute Gasteiger partial charge is 0.477 e. The Morgan fingerprint density at radius 1 is 1.17 bits per heavy atom. The van der Waals surface area contributed by atoms with Gasteiger partial charge in [-0.2, -0.15) is 0 Å². The van der Waals surface area contributed by atoms with Crippen LogP contribution in [0.3, 0.4) is 0 Å². The number of non-ortho nitro benzene ring substituents is 2. The molecule has 0 bridgehead atoms. The lowest BCUT2D eigenvalue weighted by Gasteiger charge is -1.95. The summed E-state index contributed by atoms with van der Waals surface area (Å²) in [6, 6.07) is 2.97. The molecule has 0 unspecified atom stereocenters. The van der Waals surface area contributed by atoms with Crippen molar-refractivity contribution in [2.45, 2.75) is 0 Å². The van der Waals surface area contributed by atoms with Gasteiger partial charge in [-0.05, 0) is 6.07 Å². The monoisotopic (exact) mass is 251 g/mol. The first-order chi connectivity index (χ1) is 8.40. The fraction of sp³-hybridized carbons (Fsp3) is 0. The van der Waals surface area contributed by atoms with Crippen molar-refractivity contribution in [3.05, 3.63) is 44.1 Å². The summed E-state index contributed by atoms with van der Waals surface area (Å²) in [5.74, 6) is -1.30. The second-order valence-electron chi connectivity index (χ2n) is 3.43. The number of carbonyl (C=O) groups is 1. The van der Waals surface area contributed by atoms with E-state index in [2.05, 4.69) is 4.98 Å². The highest BCUT2D eigenvalue weighted by molar-refractivity contribution is 5.98. The number of nitro groups is 2. The number of rotatable bonds is 3. The highest BCUT2D eigenvalue weighted by atomic mass is 16.6. The number of fused-ring (bicyclic) bond motifs is 1. The predicted molar refractivity (Wildman–Crippen MR) is 58.6 cm³/mol. The molecule has 9 heteroatoms. The minimum absolute atomic E-state index is 0.0528. The predicted octanol–water partition coefficient (Wildman–Crippen LogP) is 1.68. The first-order valence-electron chi connectivity index (χ1n) is 4.59. The number of benzene rings is 1. The quantitative estimate of drug-likeness (QED) is 0.628. The Hall–Kier alpha value is -2.97. The third kappa shape index (κ3) is 1.73. The lowest BCUT2D eigenvalue weighted by atomic mass is 10.2. The van der Waals surface area contributed by atoms with Gasteiger partial charge in [0.25, 0.3) is 11.4 Å². The molecule has 0 saturated heterocycles. The lowest BCUT2D eigenvalue weighted by Crippen LogP contribution is -1.96. The molecular formula is C9H5N3O6. The molecular weight excluding hydrogens is 246 g/mol. The van der Waals surface area contributed by atoms with Crippen LogP contribution in [0.4, 0.5) is 11.4 Å². The Bertz CT molecular complexity index is 689. The normalized spacial score (nSPS) is 10.4. The van der Waals surface area contributed by atoms with Crippen LogP contribution in [-0.4, -0.2) is 25.9 Å². The Balaban J connectivity index is 2.81. The van der Waals surface area contributed by atoms with Crippen molar-refractivity contribution in [3.8, 4) is 0 Å². The van der Waals surface area contributed by atoms with Gasteiger partial charge in [-0.25, -0.2) is 4.79 Å². The maximum absolute atomic E-state index is 10.8. The van der Waals surface area contributed by atoms with Crippen molar-refractivity contribution >= 4 is 28.2 Å². The third-order valence-corrected chi connectivity index (χ3v) is 2.33. The molecule has 1 aromatic carbocycles. The molecule has 2 rings (SSSR count). The van der Waals surface area contributed by atoms with Crippen molar-refractivity contribution in [1.29, 1.82) is 0 Å². The van der Waals surface area contributed by atoms with Crippen LogP contribution in [0.25, 0.3) is 10.9 Å². The molecule has 18 heavy (non-hydrogen) atoms. The number of nitro benzene ring substituents is 2. The van der Waals surface area contributed by atoms with E-state index in [-0.39, 0.29) is 16.6 Å². The van der Waals surface area contributed by atoms with Gasteiger partial charge < -0.3 is 10.1 Å². The van der Waals surface area contributed by atoms with Gasteiger partial charge in [0.1, 0.15) is 11.2 Å². The molecule has 0 saturated carbocycles. The number of aromatic carboxylic acids is 1. The van der Waals surface area contributed by atoms with Gasteiger partial charge in [-0.15, -0.1) is 0 Å². The van der Waals surface area contributed by atoms with Crippen LogP contribution in [-0.2, 0) is 0 Å². The van der Waals surface area contributed by atoms with Crippen molar-refractivity contribution in [2.75, 3.05) is 0 Å². The van der Waals surface area contributed by atoms with Crippen molar-refractivity contribution in [3.63, 3.8) is 0 Å². The molecule has 92 valence electrons. The molecule has 0 amide bonds. The molecule has 1 aromatic heterocycles. The Kier molecular flexibility index (Phi) is 2.43. The standard InChI is InChI=1S/C9H5N3O6/c13-9(14)6-2-4-1-5(11(15)16)3-7(12(17)18)8(4)10-6/h1-3,10H,(H,13,14). The summed E-state index contributed by atoms with van der Waals surface area (Å²) in [5, 5.41) is 30.3. The topological polar surface area (TPSA) is 139 Å². The van der Waals surface area contributed by atoms with Gasteiger partial charge >= 0.3 is 5.97 Å². The fourth-order valence-corrected chi connectivity index (χ4v) is 1.57. The average molecular weight is 251 g/mol. The van der Waals surface area contributed by atoms with Gasteiger partial charge in [0.05, 0.1) is 15.9 Å². The average Bonchev–Trinajstić information content (AvgIpc) is 2.70. The molecule has 2 aromatic rings. The summed E-state index contributed by atoms with van der Waals surface area (Å²) in [5.41, 5.74) is -1.33. The maximum atomic E-state index is 10.8. The van der Waals surface area contributed by atoms with Crippen molar-refractivity contribution in [2.24, 2.45) is 0 Å². The van der Waals surface area contributed by atoms with Crippen LogP contribution < -0.4 is 0 Å². The Labute approximate surface area is 97.9 Å². The molecule has 0 spiro atoms. The van der Waals surface area contributed by atoms with Crippen molar-refractivity contribution in [1.82, 2.24) is 4.98 Å². The number of nitrogens with zero attached hydrogens (tertiary/aromatic N) is 2. The number of aromatic amines is 1. The number of H-pyrrole nitrogens is 1. The van der Waals surface area contributed by atoms with Gasteiger partial charge in [-0.1, -0.05) is 0 Å². The molecule has 1 heterocycles. The van der Waals surface area contributed by atoms with Crippen LogP contribution in [0.2, 0.25) is 0 Å². The van der Waals surface area contributed by atoms with E-state index in [1.807, 2.05) is 0 Å². The van der Waals surface area contributed by atoms with Gasteiger partial charge in [0.15, 0.2) is 0 Å². The van der Waals surface area contributed by atoms with E-state index in [1.165, 1.54) is 0 Å². The van der Waals surface area contributed by atoms with E-state index < -0.39 is 27.2 Å². The number of nitrogens with one attached hydrogen (secondary N) is 1. The number of aromatic nitrogens is 1. The minimum Gasteiger partial charge on any atom is -0.477 e. The lowest BCUT2D eigenvalue weighted by molar-refractivity contribution is -0.393. The summed E-state index contributed by atoms with van der Waals surface area (Å²) >= 11 is 0. The summed E-state index contributed by atoms with van der Waals surface area (Å²) < 4.78 is 0. The summed E-state index contributed by atoms with van der Waals surface area (Å²) in [7, 11) is 0. The Morgan fingerprint density at radius 2 is 1.83 bits per heavy atom. The van der Waals surface area contributed by atoms with Crippen LogP contribution in [0.5, 0.6) is 0 Å². The first-order valence-corrected chi connectivity index (χ1v) is 4.59. The van der Waals surface area contributed by atoms with Crippen molar-refractivity contribution < 1.29 is 19.7 Å². The summed E-state index contributed by atoms with van der Waals surface area (Å²) in [6.07, 6.45) is 0. The summed E-state index contributed by atoms with van der Waals surface area (Å²) in [4.78, 5) is 32.9. The van der Waals surface area contributed by atoms with Gasteiger partial charge in [-0.3, -0.25) is 20.2 Å². The van der Waals surface area contributed by atoms with Crippen LogP contribution in [0.15, 0.2) is 18.2 Å². The van der Waals surface area contributed by atoms with E-state index in [0.717, 1.165) is 18.2 Å². The molecule has 0 aliphatic carbocycles. The SMILES string of the molecule is O=C(O)c1cc2cc([N+](=O)[O-])cc([N+](=O)[O-])c2[nH]1. The number of carboxylic acid groups (broad SMARTS) is 1. The van der Waals surface area contributed by atoms with Crippen LogP contribution in [0, 0.1) is 20.2 Å². The third-order valence-electron chi connectivity index (χ3n) is 2.33. The smallest absolute Gasteiger partial charge is 0.352 e. The van der Waals surface area contributed by atoms with Gasteiger partial charge in [0.2, 0.25) is 0 Å². The second-order valence-corrected chi connectivity index (χ2v) is 3.43. The van der Waals surface area contributed by atoms with E-state index >= 15 is 0 Å². The summed E-state index contributed by atoms with van der Waals surface area (Å²) in [6.45, 7) is 0. The minimum atomic E-state index is -1.30. The van der Waals surface area contributed by atoms with E-state index in [4.69, 9.17) is 5.11 Å². The zero-order valence-corrected chi connectivity index (χ0v) is 8.61. The highest BCUT2D eigenvalue weighted by Crippen LogP contribution is 2.30. The second kappa shape index (κ2) is 3.80. The van der Waals surface area contributed by atoms with Crippen LogP contribution >= 0.6 is 0 Å². The molecule has 9 nitrogen and oxygen atoms in total. The zero-order chi connectivity index (χ0) is 13.4. The van der Waals surface area contributed by atoms with Crippen LogP contribution in [0.1, 0.15) is 10.5 Å².